The van der Waals surface area contributed by atoms with Crippen molar-refractivity contribution in [3.8, 4) is 5.75 Å². The number of benzene rings is 2. The van der Waals surface area contributed by atoms with Crippen LogP contribution in [0.3, 0.4) is 0 Å². The number of nitrogens with one attached hydrogen (secondary N) is 1. The van der Waals surface area contributed by atoms with Crippen LogP contribution in [0.2, 0.25) is 0 Å². The van der Waals surface area contributed by atoms with E-state index in [1.54, 1.807) is 34.0 Å². The summed E-state index contributed by atoms with van der Waals surface area (Å²) >= 11 is 0. The molecule has 2 aromatic carbocycles. The van der Waals surface area contributed by atoms with Gasteiger partial charge < -0.3 is 10.1 Å². The van der Waals surface area contributed by atoms with E-state index in [1.165, 1.54) is 0 Å². The molecule has 1 aliphatic heterocycles. The third kappa shape index (κ3) is 4.05. The van der Waals surface area contributed by atoms with Crippen molar-refractivity contribution in [1.29, 1.82) is 0 Å². The van der Waals surface area contributed by atoms with Crippen LogP contribution in [0, 0.1) is 20.8 Å². The lowest BCUT2D eigenvalue weighted by Crippen LogP contribution is -2.46. The van der Waals surface area contributed by atoms with Gasteiger partial charge in [0.2, 0.25) is 5.95 Å². The molecule has 35 heavy (non-hydrogen) atoms. The van der Waals surface area contributed by atoms with E-state index in [9.17, 15) is 4.79 Å². The molecular formula is C26H27N7O2. The molecule has 3 heterocycles. The molecule has 0 atom stereocenters. The van der Waals surface area contributed by atoms with Crippen LogP contribution in [0.15, 0.2) is 55.0 Å². The first-order valence-corrected chi connectivity index (χ1v) is 11.3. The summed E-state index contributed by atoms with van der Waals surface area (Å²) < 4.78 is 7.37. The zero-order valence-electron chi connectivity index (χ0n) is 20.4. The number of carbonyl (C=O) groups excluding carboxylic acids is 1. The third-order valence-corrected chi connectivity index (χ3v) is 6.05. The minimum atomic E-state index is -0.205. The molecule has 2 amide bonds. The van der Waals surface area contributed by atoms with Crippen LogP contribution in [-0.2, 0) is 13.6 Å². The smallest absolute Gasteiger partial charge is 0.335 e. The summed E-state index contributed by atoms with van der Waals surface area (Å²) in [4.78, 5) is 26.8. The summed E-state index contributed by atoms with van der Waals surface area (Å²) in [5, 5.41) is 7.35. The number of amides is 2. The number of para-hydroxylation sites is 1. The number of aryl methyl sites for hydroxylation is 4. The average molecular weight is 470 g/mol. The van der Waals surface area contributed by atoms with Gasteiger partial charge in [-0.15, -0.1) is 0 Å². The third-order valence-electron chi connectivity index (χ3n) is 6.05. The molecule has 4 aromatic rings. The Morgan fingerprint density at radius 3 is 2.51 bits per heavy atom. The van der Waals surface area contributed by atoms with Gasteiger partial charge >= 0.3 is 6.03 Å². The SMILES string of the molecule is COc1cc(C)ccc1N1C(=O)N(c2c(C)cccc2C)Cc2cnc(Nc3cnn(C)c3)nc21. The van der Waals surface area contributed by atoms with Gasteiger partial charge in [0, 0.05) is 25.0 Å². The highest BCUT2D eigenvalue weighted by atomic mass is 16.5. The maximum absolute atomic E-state index is 14.1. The van der Waals surface area contributed by atoms with Crippen LogP contribution in [0.4, 0.5) is 33.6 Å². The topological polar surface area (TPSA) is 88.4 Å². The van der Waals surface area contributed by atoms with E-state index >= 15 is 0 Å². The van der Waals surface area contributed by atoms with Crippen LogP contribution < -0.4 is 19.9 Å². The second-order valence-corrected chi connectivity index (χ2v) is 8.69. The predicted molar refractivity (Wildman–Crippen MR) is 136 cm³/mol. The first-order chi connectivity index (χ1) is 16.9. The van der Waals surface area contributed by atoms with Crippen molar-refractivity contribution < 1.29 is 9.53 Å². The van der Waals surface area contributed by atoms with E-state index in [0.717, 1.165) is 33.6 Å². The number of nitrogens with zero attached hydrogens (tertiary/aromatic N) is 6. The maximum atomic E-state index is 14.1. The number of ether oxygens (including phenoxy) is 1. The quantitative estimate of drug-likeness (QED) is 0.434. The molecule has 5 rings (SSSR count). The lowest BCUT2D eigenvalue weighted by atomic mass is 10.1. The average Bonchev–Trinajstić information content (AvgIpc) is 3.24. The molecule has 0 saturated carbocycles. The number of hydrogen-bond donors (Lipinski definition) is 1. The normalized spacial score (nSPS) is 13.1. The van der Waals surface area contributed by atoms with Crippen molar-refractivity contribution in [1.82, 2.24) is 19.7 Å². The summed E-state index contributed by atoms with van der Waals surface area (Å²) in [5.74, 6) is 1.48. The van der Waals surface area contributed by atoms with E-state index < -0.39 is 0 Å². The number of fused-ring (bicyclic) bond motifs is 1. The van der Waals surface area contributed by atoms with Crippen LogP contribution in [0.1, 0.15) is 22.3 Å². The van der Waals surface area contributed by atoms with Crippen molar-refractivity contribution in [3.05, 3.63) is 77.2 Å². The molecule has 0 radical (unpaired) electrons. The molecule has 9 heteroatoms. The molecule has 1 N–H and O–H groups in total. The Morgan fingerprint density at radius 2 is 1.83 bits per heavy atom. The van der Waals surface area contributed by atoms with Gasteiger partial charge in [-0.3, -0.25) is 9.58 Å². The summed E-state index contributed by atoms with van der Waals surface area (Å²) in [6.45, 7) is 6.37. The Bertz CT molecular complexity index is 1410. The summed E-state index contributed by atoms with van der Waals surface area (Å²) in [7, 11) is 3.44. The van der Waals surface area contributed by atoms with Gasteiger partial charge in [-0.25, -0.2) is 14.7 Å². The molecule has 0 spiro atoms. The molecule has 1 aliphatic rings. The van der Waals surface area contributed by atoms with Crippen molar-refractivity contribution in [2.45, 2.75) is 27.3 Å². The van der Waals surface area contributed by atoms with Gasteiger partial charge in [0.25, 0.3) is 0 Å². The number of aromatic nitrogens is 4. The van der Waals surface area contributed by atoms with Gasteiger partial charge in [-0.2, -0.15) is 10.1 Å². The molecule has 0 fully saturated rings. The minimum absolute atomic E-state index is 0.205. The Hall–Kier alpha value is -4.40. The monoisotopic (exact) mass is 469 g/mol. The molecule has 0 unspecified atom stereocenters. The molecule has 9 nitrogen and oxygen atoms in total. The van der Waals surface area contributed by atoms with Crippen molar-refractivity contribution in [2.24, 2.45) is 7.05 Å². The number of methoxy groups -OCH3 is 1. The highest BCUT2D eigenvalue weighted by molar-refractivity contribution is 6.11. The van der Waals surface area contributed by atoms with E-state index in [1.807, 2.05) is 70.4 Å². The van der Waals surface area contributed by atoms with E-state index in [0.29, 0.717) is 29.7 Å². The highest BCUT2D eigenvalue weighted by Crippen LogP contribution is 2.41. The Morgan fingerprint density at radius 1 is 1.06 bits per heavy atom. The summed E-state index contributed by atoms with van der Waals surface area (Å²) in [5.41, 5.74) is 6.16. The van der Waals surface area contributed by atoms with Crippen LogP contribution >= 0.6 is 0 Å². The van der Waals surface area contributed by atoms with Gasteiger partial charge in [0.1, 0.15) is 5.75 Å². The number of hydrogen-bond acceptors (Lipinski definition) is 6. The van der Waals surface area contributed by atoms with Crippen LogP contribution in [0.5, 0.6) is 5.75 Å². The Kier molecular flexibility index (Phi) is 5.60. The standard InChI is InChI=1S/C26H27N7O2/c1-16-9-10-21(22(11-16)35-5)33-24-19(12-27-25(30-24)29-20-13-28-31(4)15-20)14-32(26(33)34)23-17(2)7-6-8-18(23)3/h6-13,15H,14H2,1-5H3,(H,27,29,30). The molecule has 2 aromatic heterocycles. The van der Waals surface area contributed by atoms with E-state index in [-0.39, 0.29) is 6.03 Å². The second kappa shape index (κ2) is 8.75. The predicted octanol–water partition coefficient (Wildman–Crippen LogP) is 5.17. The van der Waals surface area contributed by atoms with Crippen LogP contribution in [-0.4, -0.2) is 32.9 Å². The Labute approximate surface area is 204 Å². The largest absolute Gasteiger partial charge is 0.495 e. The highest BCUT2D eigenvalue weighted by Gasteiger charge is 2.36. The van der Waals surface area contributed by atoms with Crippen molar-refractivity contribution in [3.63, 3.8) is 0 Å². The van der Waals surface area contributed by atoms with Crippen molar-refractivity contribution >= 4 is 34.9 Å². The molecule has 0 saturated heterocycles. The van der Waals surface area contributed by atoms with E-state index in [4.69, 9.17) is 9.72 Å². The maximum Gasteiger partial charge on any atom is 0.335 e. The Balaban J connectivity index is 1.66. The van der Waals surface area contributed by atoms with Gasteiger partial charge in [-0.05, 0) is 49.6 Å². The van der Waals surface area contributed by atoms with Gasteiger partial charge in [0.05, 0.1) is 36.9 Å². The lowest BCUT2D eigenvalue weighted by molar-refractivity contribution is 0.252. The fourth-order valence-electron chi connectivity index (χ4n) is 4.42. The number of carbonyl (C=O) groups is 1. The number of anilines is 5. The number of rotatable bonds is 5. The first-order valence-electron chi connectivity index (χ1n) is 11.3. The zero-order valence-corrected chi connectivity index (χ0v) is 20.4. The minimum Gasteiger partial charge on any atom is -0.495 e. The lowest BCUT2D eigenvalue weighted by Gasteiger charge is -2.37. The molecular weight excluding hydrogens is 442 g/mol. The summed E-state index contributed by atoms with van der Waals surface area (Å²) in [6, 6.07) is 11.6. The first kappa shape index (κ1) is 22.4. The van der Waals surface area contributed by atoms with Crippen molar-refractivity contribution in [2.75, 3.05) is 22.2 Å². The van der Waals surface area contributed by atoms with Crippen LogP contribution in [0.25, 0.3) is 0 Å². The van der Waals surface area contributed by atoms with Gasteiger partial charge in [-0.1, -0.05) is 24.3 Å². The van der Waals surface area contributed by atoms with E-state index in [2.05, 4.69) is 15.4 Å². The zero-order chi connectivity index (χ0) is 24.7. The fraction of sp³-hybridized carbons (Fsp3) is 0.231. The number of urea groups is 1. The molecule has 178 valence electrons. The second-order valence-electron chi connectivity index (χ2n) is 8.69. The van der Waals surface area contributed by atoms with Gasteiger partial charge in [0.15, 0.2) is 5.82 Å². The molecule has 0 aliphatic carbocycles. The fourth-order valence-corrected chi connectivity index (χ4v) is 4.42. The summed E-state index contributed by atoms with van der Waals surface area (Å²) in [6.07, 6.45) is 5.29. The molecule has 0 bridgehead atoms.